The molecule has 1 unspecified atom stereocenters. The van der Waals surface area contributed by atoms with Crippen LogP contribution in [0.3, 0.4) is 0 Å². The van der Waals surface area contributed by atoms with E-state index in [1.807, 2.05) is 0 Å². The normalized spacial score (nSPS) is 15.9. The van der Waals surface area contributed by atoms with E-state index in [4.69, 9.17) is 14.6 Å². The summed E-state index contributed by atoms with van der Waals surface area (Å²) in [6, 6.07) is 2.68. The van der Waals surface area contributed by atoms with Gasteiger partial charge in [-0.2, -0.15) is 0 Å². The number of benzene rings is 1. The third-order valence-corrected chi connectivity index (χ3v) is 3.28. The molecule has 1 atom stereocenters. The molecule has 1 aliphatic heterocycles. The van der Waals surface area contributed by atoms with Gasteiger partial charge in [-0.15, -0.1) is 0 Å². The largest absolute Gasteiger partial charge is 0.490 e. The van der Waals surface area contributed by atoms with Crippen molar-refractivity contribution >= 4 is 21.9 Å². The smallest absolute Gasteiger partial charge is 0.325 e. The molecule has 1 aromatic carbocycles. The summed E-state index contributed by atoms with van der Waals surface area (Å²) in [6.07, 6.45) is 0.810. The summed E-state index contributed by atoms with van der Waals surface area (Å²) in [5, 5.41) is 11.9. The van der Waals surface area contributed by atoms with E-state index >= 15 is 0 Å². The van der Waals surface area contributed by atoms with E-state index in [-0.39, 0.29) is 0 Å². The minimum absolute atomic E-state index is 0.570. The lowest BCUT2D eigenvalue weighted by Gasteiger charge is -2.16. The van der Waals surface area contributed by atoms with Crippen LogP contribution < -0.4 is 14.8 Å². The maximum absolute atomic E-state index is 11.1. The summed E-state index contributed by atoms with van der Waals surface area (Å²) in [5.41, 5.74) is 0.626. The highest BCUT2D eigenvalue weighted by molar-refractivity contribution is 9.10. The summed E-state index contributed by atoms with van der Waals surface area (Å²) in [4.78, 5) is 11.1. The molecule has 1 heterocycles. The number of carboxylic acids is 1. The van der Waals surface area contributed by atoms with Gasteiger partial charge in [0.15, 0.2) is 11.5 Å². The number of rotatable bonds is 3. The average molecular weight is 316 g/mol. The van der Waals surface area contributed by atoms with Crippen molar-refractivity contribution in [2.45, 2.75) is 12.5 Å². The summed E-state index contributed by atoms with van der Waals surface area (Å²) in [5.74, 6) is 0.286. The third-order valence-electron chi connectivity index (χ3n) is 2.69. The number of nitrogens with one attached hydrogen (secondary N) is 1. The number of likely N-dealkylation sites (N-methyl/N-ethyl adjacent to an activating group) is 1. The second-order valence-corrected chi connectivity index (χ2v) is 4.79. The van der Waals surface area contributed by atoms with Gasteiger partial charge in [-0.25, -0.2) is 0 Å². The lowest BCUT2D eigenvalue weighted by atomic mass is 10.1. The first-order valence-electron chi connectivity index (χ1n) is 5.62. The quantitative estimate of drug-likeness (QED) is 0.892. The van der Waals surface area contributed by atoms with E-state index in [1.54, 1.807) is 19.2 Å². The number of carbonyl (C=O) groups is 1. The number of hydrogen-bond donors (Lipinski definition) is 2. The van der Waals surface area contributed by atoms with Crippen molar-refractivity contribution < 1.29 is 19.4 Å². The first-order chi connectivity index (χ1) is 8.63. The average Bonchev–Trinajstić information content (AvgIpc) is 2.55. The minimum atomic E-state index is -0.932. The van der Waals surface area contributed by atoms with Crippen molar-refractivity contribution in [3.05, 3.63) is 22.2 Å². The van der Waals surface area contributed by atoms with Crippen LogP contribution in [0.5, 0.6) is 11.5 Å². The Bertz CT molecular complexity index is 464. The zero-order chi connectivity index (χ0) is 13.1. The van der Waals surface area contributed by atoms with Crippen LogP contribution in [0.15, 0.2) is 16.6 Å². The summed E-state index contributed by atoms with van der Waals surface area (Å²) in [6.45, 7) is 1.17. The Morgan fingerprint density at radius 1 is 1.44 bits per heavy atom. The fraction of sp³-hybridized carbons (Fsp3) is 0.417. The Morgan fingerprint density at radius 3 is 2.83 bits per heavy atom. The molecule has 1 aromatic rings. The first-order valence-corrected chi connectivity index (χ1v) is 6.42. The van der Waals surface area contributed by atoms with Crippen LogP contribution in [0, 0.1) is 0 Å². The first kappa shape index (κ1) is 13.2. The minimum Gasteiger partial charge on any atom is -0.490 e. The van der Waals surface area contributed by atoms with Crippen molar-refractivity contribution in [3.63, 3.8) is 0 Å². The van der Waals surface area contributed by atoms with Gasteiger partial charge < -0.3 is 19.9 Å². The monoisotopic (exact) mass is 315 g/mol. The number of carboxylic acid groups (broad SMARTS) is 1. The van der Waals surface area contributed by atoms with Crippen LogP contribution in [0.4, 0.5) is 0 Å². The molecule has 0 aromatic heterocycles. The van der Waals surface area contributed by atoms with Crippen molar-refractivity contribution in [2.24, 2.45) is 0 Å². The number of hydrogen-bond acceptors (Lipinski definition) is 4. The summed E-state index contributed by atoms with van der Waals surface area (Å²) < 4.78 is 11.8. The maximum atomic E-state index is 11.1. The molecule has 98 valence electrons. The van der Waals surface area contributed by atoms with Gasteiger partial charge in [0.05, 0.1) is 17.7 Å². The van der Waals surface area contributed by atoms with E-state index in [1.165, 1.54) is 0 Å². The molecule has 1 aliphatic rings. The highest BCUT2D eigenvalue weighted by Gasteiger charge is 2.22. The SMILES string of the molecule is CNC(C(=O)O)c1cc(Br)c2c(c1)OCCCO2. The fourth-order valence-corrected chi connectivity index (χ4v) is 2.42. The molecule has 2 rings (SSSR count). The lowest BCUT2D eigenvalue weighted by Crippen LogP contribution is -2.25. The second-order valence-electron chi connectivity index (χ2n) is 3.94. The van der Waals surface area contributed by atoms with Crippen LogP contribution in [0.25, 0.3) is 0 Å². The molecule has 0 bridgehead atoms. The molecule has 5 nitrogen and oxygen atoms in total. The van der Waals surface area contributed by atoms with Gasteiger partial charge in [0.1, 0.15) is 6.04 Å². The summed E-state index contributed by atoms with van der Waals surface area (Å²) >= 11 is 3.39. The predicted octanol–water partition coefficient (Wildman–Crippen LogP) is 1.96. The molecular formula is C12H14BrNO4. The van der Waals surface area contributed by atoms with E-state index in [9.17, 15) is 4.79 Å². The van der Waals surface area contributed by atoms with E-state index in [0.717, 1.165) is 6.42 Å². The molecule has 0 amide bonds. The van der Waals surface area contributed by atoms with E-state index < -0.39 is 12.0 Å². The predicted molar refractivity (Wildman–Crippen MR) is 69.2 cm³/mol. The van der Waals surface area contributed by atoms with Crippen LogP contribution in [0.1, 0.15) is 18.0 Å². The highest BCUT2D eigenvalue weighted by Crippen LogP contribution is 2.39. The van der Waals surface area contributed by atoms with Gasteiger partial charge in [0, 0.05) is 6.42 Å². The van der Waals surface area contributed by atoms with Gasteiger partial charge in [-0.3, -0.25) is 4.79 Å². The Hall–Kier alpha value is -1.27. The van der Waals surface area contributed by atoms with Crippen molar-refractivity contribution in [3.8, 4) is 11.5 Å². The number of ether oxygens (including phenoxy) is 2. The zero-order valence-electron chi connectivity index (χ0n) is 9.90. The molecule has 0 saturated carbocycles. The molecular weight excluding hydrogens is 302 g/mol. The van der Waals surface area contributed by atoms with Gasteiger partial charge in [0.25, 0.3) is 0 Å². The van der Waals surface area contributed by atoms with E-state index in [2.05, 4.69) is 21.2 Å². The van der Waals surface area contributed by atoms with Crippen molar-refractivity contribution in [1.29, 1.82) is 0 Å². The molecule has 0 radical (unpaired) electrons. The molecule has 6 heteroatoms. The molecule has 0 aliphatic carbocycles. The van der Waals surface area contributed by atoms with Gasteiger partial charge in [-0.1, -0.05) is 0 Å². The fourth-order valence-electron chi connectivity index (χ4n) is 1.85. The Labute approximate surface area is 113 Å². The second kappa shape index (κ2) is 5.58. The molecule has 0 fully saturated rings. The van der Waals surface area contributed by atoms with Crippen LogP contribution in [0.2, 0.25) is 0 Å². The molecule has 0 spiro atoms. The number of halogens is 1. The standard InChI is InChI=1S/C12H14BrNO4/c1-14-10(12(15)16)7-5-8(13)11-9(6-7)17-3-2-4-18-11/h5-6,10,14H,2-4H2,1H3,(H,15,16). The van der Waals surface area contributed by atoms with Gasteiger partial charge >= 0.3 is 5.97 Å². The lowest BCUT2D eigenvalue weighted by molar-refractivity contribution is -0.139. The van der Waals surface area contributed by atoms with Gasteiger partial charge in [-0.05, 0) is 40.7 Å². The van der Waals surface area contributed by atoms with Gasteiger partial charge in [0.2, 0.25) is 0 Å². The van der Waals surface area contributed by atoms with E-state index in [0.29, 0.717) is 34.7 Å². The third kappa shape index (κ3) is 2.59. The summed E-state index contributed by atoms with van der Waals surface area (Å²) in [7, 11) is 1.61. The van der Waals surface area contributed by atoms with Crippen molar-refractivity contribution in [2.75, 3.05) is 20.3 Å². The van der Waals surface area contributed by atoms with Crippen LogP contribution in [-0.2, 0) is 4.79 Å². The van der Waals surface area contributed by atoms with Crippen LogP contribution in [-0.4, -0.2) is 31.3 Å². The maximum Gasteiger partial charge on any atom is 0.325 e. The Balaban J connectivity index is 2.42. The van der Waals surface area contributed by atoms with Crippen molar-refractivity contribution in [1.82, 2.24) is 5.32 Å². The molecule has 2 N–H and O–H groups in total. The highest BCUT2D eigenvalue weighted by atomic mass is 79.9. The Morgan fingerprint density at radius 2 is 2.17 bits per heavy atom. The number of aliphatic carboxylic acids is 1. The topological polar surface area (TPSA) is 67.8 Å². The zero-order valence-corrected chi connectivity index (χ0v) is 11.5. The number of fused-ring (bicyclic) bond motifs is 1. The van der Waals surface area contributed by atoms with Crippen LogP contribution >= 0.6 is 15.9 Å². The molecule has 18 heavy (non-hydrogen) atoms. The Kier molecular flexibility index (Phi) is 4.08. The molecule has 0 saturated heterocycles.